The number of carbonyl (C=O) groups excluding carboxylic acids is 2. The van der Waals surface area contributed by atoms with Crippen LogP contribution in [0.2, 0.25) is 5.02 Å². The van der Waals surface area contributed by atoms with Gasteiger partial charge in [0, 0.05) is 31.1 Å². The van der Waals surface area contributed by atoms with Crippen molar-refractivity contribution in [3.05, 3.63) is 119 Å². The second kappa shape index (κ2) is 15.0. The zero-order valence-corrected chi connectivity index (χ0v) is 27.1. The number of nitrogens with zero attached hydrogens (tertiary/aromatic N) is 2. The van der Waals surface area contributed by atoms with Crippen molar-refractivity contribution in [1.82, 2.24) is 10.2 Å². The first-order valence-electron chi connectivity index (χ1n) is 14.2. The minimum absolute atomic E-state index is 0.0163. The standard InChI is InChI=1S/C34H36ClN3O6S/c1-24-13-15-28(16-14-24)38(45(41,42)29-17-18-31(43-3)32(21-29)44-4)23-33(39)37(22-26-11-8-12-27(35)19-26)30(34(40)36-2)20-25-9-6-5-7-10-25/h5-19,21,30H,20,22-23H2,1-4H3,(H,36,40)/t30-/m0/s1. The summed E-state index contributed by atoms with van der Waals surface area (Å²) in [5.41, 5.74) is 2.72. The first-order chi connectivity index (χ1) is 21.6. The van der Waals surface area contributed by atoms with E-state index in [1.807, 2.05) is 37.3 Å². The van der Waals surface area contributed by atoms with Crippen LogP contribution in [0.5, 0.6) is 11.5 Å². The Labute approximate surface area is 269 Å². The highest BCUT2D eigenvalue weighted by Crippen LogP contribution is 2.32. The van der Waals surface area contributed by atoms with Crippen molar-refractivity contribution in [1.29, 1.82) is 0 Å². The van der Waals surface area contributed by atoms with E-state index in [9.17, 15) is 18.0 Å². The molecule has 0 radical (unpaired) electrons. The van der Waals surface area contributed by atoms with E-state index in [1.165, 1.54) is 44.4 Å². The second-order valence-corrected chi connectivity index (χ2v) is 12.6. The molecule has 0 aliphatic carbocycles. The number of aryl methyl sites for hydroxylation is 1. The summed E-state index contributed by atoms with van der Waals surface area (Å²) < 4.78 is 40.2. The minimum Gasteiger partial charge on any atom is -0.493 e. The number of hydrogen-bond donors (Lipinski definition) is 1. The van der Waals surface area contributed by atoms with E-state index >= 15 is 0 Å². The molecule has 0 spiro atoms. The zero-order chi connectivity index (χ0) is 32.6. The Kier molecular flexibility index (Phi) is 11.1. The highest BCUT2D eigenvalue weighted by atomic mass is 35.5. The van der Waals surface area contributed by atoms with Crippen molar-refractivity contribution in [2.75, 3.05) is 32.1 Å². The number of anilines is 1. The van der Waals surface area contributed by atoms with Gasteiger partial charge in [-0.05, 0) is 54.4 Å². The van der Waals surface area contributed by atoms with Gasteiger partial charge in [-0.2, -0.15) is 0 Å². The molecular formula is C34H36ClN3O6S. The molecule has 1 N–H and O–H groups in total. The Balaban J connectivity index is 1.81. The van der Waals surface area contributed by atoms with Crippen LogP contribution in [0.3, 0.4) is 0 Å². The molecule has 0 unspecified atom stereocenters. The van der Waals surface area contributed by atoms with Crippen molar-refractivity contribution in [3.8, 4) is 11.5 Å². The van der Waals surface area contributed by atoms with Crippen LogP contribution in [0.25, 0.3) is 0 Å². The molecule has 4 aromatic carbocycles. The Bertz CT molecular complexity index is 1730. The average molecular weight is 650 g/mol. The van der Waals surface area contributed by atoms with E-state index in [1.54, 1.807) is 48.5 Å². The molecule has 1 atom stereocenters. The summed E-state index contributed by atoms with van der Waals surface area (Å²) in [5.74, 6) is -0.390. The van der Waals surface area contributed by atoms with Gasteiger partial charge in [-0.3, -0.25) is 13.9 Å². The first kappa shape index (κ1) is 33.4. The lowest BCUT2D eigenvalue weighted by Crippen LogP contribution is -2.53. The third kappa shape index (κ3) is 8.14. The maximum atomic E-state index is 14.4. The lowest BCUT2D eigenvalue weighted by Gasteiger charge is -2.33. The third-order valence-corrected chi connectivity index (χ3v) is 9.31. The van der Waals surface area contributed by atoms with Crippen LogP contribution in [0.1, 0.15) is 16.7 Å². The number of halogens is 1. The number of sulfonamides is 1. The van der Waals surface area contributed by atoms with Crippen molar-refractivity contribution in [2.45, 2.75) is 30.8 Å². The van der Waals surface area contributed by atoms with Gasteiger partial charge < -0.3 is 19.7 Å². The molecule has 0 fully saturated rings. The smallest absolute Gasteiger partial charge is 0.264 e. The molecule has 2 amide bonds. The minimum atomic E-state index is -4.31. The predicted molar refractivity (Wildman–Crippen MR) is 175 cm³/mol. The Morgan fingerprint density at radius 3 is 2.13 bits per heavy atom. The largest absolute Gasteiger partial charge is 0.493 e. The Hall–Kier alpha value is -4.54. The molecule has 0 aliphatic heterocycles. The summed E-state index contributed by atoms with van der Waals surface area (Å²) in [5, 5.41) is 3.14. The van der Waals surface area contributed by atoms with Crippen LogP contribution in [0.4, 0.5) is 5.69 Å². The van der Waals surface area contributed by atoms with E-state index in [0.717, 1.165) is 15.4 Å². The van der Waals surface area contributed by atoms with E-state index in [0.29, 0.717) is 16.3 Å². The lowest BCUT2D eigenvalue weighted by atomic mass is 10.0. The van der Waals surface area contributed by atoms with Gasteiger partial charge in [-0.25, -0.2) is 8.42 Å². The molecular weight excluding hydrogens is 614 g/mol. The molecule has 0 heterocycles. The first-order valence-corrected chi connectivity index (χ1v) is 16.0. The van der Waals surface area contributed by atoms with Crippen LogP contribution in [-0.4, -0.2) is 59.0 Å². The van der Waals surface area contributed by atoms with Crippen molar-refractivity contribution in [2.24, 2.45) is 0 Å². The molecule has 4 aromatic rings. The van der Waals surface area contributed by atoms with Crippen LogP contribution in [0, 0.1) is 6.92 Å². The van der Waals surface area contributed by atoms with Gasteiger partial charge in [-0.15, -0.1) is 0 Å². The van der Waals surface area contributed by atoms with E-state index in [4.69, 9.17) is 21.1 Å². The second-order valence-electron chi connectivity index (χ2n) is 10.3. The number of hydrogen-bond acceptors (Lipinski definition) is 6. The number of amides is 2. The summed E-state index contributed by atoms with van der Waals surface area (Å²) in [7, 11) is 0.0541. The van der Waals surface area contributed by atoms with Crippen LogP contribution in [0.15, 0.2) is 102 Å². The van der Waals surface area contributed by atoms with Crippen LogP contribution < -0.4 is 19.1 Å². The maximum absolute atomic E-state index is 14.4. The molecule has 4 rings (SSSR count). The monoisotopic (exact) mass is 649 g/mol. The lowest BCUT2D eigenvalue weighted by molar-refractivity contribution is -0.139. The predicted octanol–water partition coefficient (Wildman–Crippen LogP) is 5.25. The highest BCUT2D eigenvalue weighted by molar-refractivity contribution is 7.92. The van der Waals surface area contributed by atoms with E-state index < -0.39 is 28.5 Å². The fraction of sp³-hybridized carbons (Fsp3) is 0.235. The molecule has 9 nitrogen and oxygen atoms in total. The summed E-state index contributed by atoms with van der Waals surface area (Å²) in [6.07, 6.45) is 0.208. The quantitative estimate of drug-likeness (QED) is 0.212. The van der Waals surface area contributed by atoms with E-state index in [2.05, 4.69) is 5.32 Å². The van der Waals surface area contributed by atoms with Gasteiger partial charge in [0.1, 0.15) is 12.6 Å². The van der Waals surface area contributed by atoms with E-state index in [-0.39, 0.29) is 35.2 Å². The normalized spacial score (nSPS) is 11.8. The van der Waals surface area contributed by atoms with Crippen LogP contribution >= 0.6 is 11.6 Å². The van der Waals surface area contributed by atoms with Crippen molar-refractivity contribution >= 4 is 39.1 Å². The summed E-state index contributed by atoms with van der Waals surface area (Å²) >= 11 is 6.27. The van der Waals surface area contributed by atoms with Gasteiger partial charge >= 0.3 is 0 Å². The van der Waals surface area contributed by atoms with Crippen molar-refractivity contribution < 1.29 is 27.5 Å². The van der Waals surface area contributed by atoms with Gasteiger partial charge in [0.05, 0.1) is 24.8 Å². The van der Waals surface area contributed by atoms with Crippen molar-refractivity contribution in [3.63, 3.8) is 0 Å². The molecule has 0 aliphatic rings. The molecule has 236 valence electrons. The summed E-state index contributed by atoms with van der Waals surface area (Å²) in [6.45, 7) is 1.32. The van der Waals surface area contributed by atoms with Gasteiger partial charge in [0.25, 0.3) is 10.0 Å². The fourth-order valence-corrected chi connectivity index (χ4v) is 6.54. The SMILES string of the molecule is CNC(=O)[C@H](Cc1ccccc1)N(Cc1cccc(Cl)c1)C(=O)CN(c1ccc(C)cc1)S(=O)(=O)c1ccc(OC)c(OC)c1. The van der Waals surface area contributed by atoms with Gasteiger partial charge in [0.15, 0.2) is 11.5 Å². The molecule has 0 aromatic heterocycles. The number of carbonyl (C=O) groups is 2. The number of methoxy groups -OCH3 is 2. The topological polar surface area (TPSA) is 105 Å². The summed E-state index contributed by atoms with van der Waals surface area (Å²) in [6, 6.07) is 26.4. The number of benzene rings is 4. The number of rotatable bonds is 13. The maximum Gasteiger partial charge on any atom is 0.264 e. The number of likely N-dealkylation sites (N-methyl/N-ethyl adjacent to an activating group) is 1. The van der Waals surface area contributed by atoms with Gasteiger partial charge in [0.2, 0.25) is 11.8 Å². The Morgan fingerprint density at radius 1 is 0.844 bits per heavy atom. The average Bonchev–Trinajstić information content (AvgIpc) is 3.05. The number of ether oxygens (including phenoxy) is 2. The van der Waals surface area contributed by atoms with Gasteiger partial charge in [-0.1, -0.05) is 71.8 Å². The molecule has 45 heavy (non-hydrogen) atoms. The molecule has 11 heteroatoms. The fourth-order valence-electron chi connectivity index (χ4n) is 4.90. The zero-order valence-electron chi connectivity index (χ0n) is 25.6. The summed E-state index contributed by atoms with van der Waals surface area (Å²) in [4.78, 5) is 29.1. The molecule has 0 bridgehead atoms. The third-order valence-electron chi connectivity index (χ3n) is 7.30. The molecule has 0 saturated heterocycles. The number of nitrogens with one attached hydrogen (secondary N) is 1. The highest BCUT2D eigenvalue weighted by Gasteiger charge is 2.34. The van der Waals surface area contributed by atoms with Crippen LogP contribution in [-0.2, 0) is 32.6 Å². The molecule has 0 saturated carbocycles. The Morgan fingerprint density at radius 2 is 1.51 bits per heavy atom.